The summed E-state index contributed by atoms with van der Waals surface area (Å²) in [7, 11) is 0. The Morgan fingerprint density at radius 1 is 1.05 bits per heavy atom. The Morgan fingerprint density at radius 2 is 1.82 bits per heavy atom. The van der Waals surface area contributed by atoms with Gasteiger partial charge in [-0.25, -0.2) is 4.98 Å². The summed E-state index contributed by atoms with van der Waals surface area (Å²) in [6, 6.07) is 14.9. The molecule has 0 atom stereocenters. The zero-order chi connectivity index (χ0) is 15.5. The van der Waals surface area contributed by atoms with Crippen LogP contribution >= 0.6 is 0 Å². The SMILES string of the molecule is CC(=O)Nc1cccc(Nc2nc(N)c3ccccc3n2)c1. The Labute approximate surface area is 127 Å². The van der Waals surface area contributed by atoms with E-state index in [9.17, 15) is 4.79 Å². The summed E-state index contributed by atoms with van der Waals surface area (Å²) in [5.74, 6) is 0.714. The van der Waals surface area contributed by atoms with E-state index in [0.29, 0.717) is 17.5 Å². The van der Waals surface area contributed by atoms with Crippen molar-refractivity contribution in [2.45, 2.75) is 6.92 Å². The molecule has 2 aromatic carbocycles. The molecule has 0 saturated carbocycles. The number of rotatable bonds is 3. The second-order valence-electron chi connectivity index (χ2n) is 4.84. The highest BCUT2D eigenvalue weighted by atomic mass is 16.1. The third-order valence-electron chi connectivity index (χ3n) is 3.07. The molecular formula is C16H15N5O. The fourth-order valence-electron chi connectivity index (χ4n) is 2.16. The molecule has 6 nitrogen and oxygen atoms in total. The summed E-state index contributed by atoms with van der Waals surface area (Å²) < 4.78 is 0. The molecule has 0 aliphatic carbocycles. The van der Waals surface area contributed by atoms with Gasteiger partial charge in [-0.2, -0.15) is 4.98 Å². The average molecular weight is 293 g/mol. The first-order chi connectivity index (χ1) is 10.6. The minimum absolute atomic E-state index is 0.122. The van der Waals surface area contributed by atoms with Crippen LogP contribution in [0.4, 0.5) is 23.1 Å². The van der Waals surface area contributed by atoms with Crippen molar-refractivity contribution < 1.29 is 4.79 Å². The van der Waals surface area contributed by atoms with Gasteiger partial charge in [0.15, 0.2) is 0 Å². The predicted molar refractivity (Wildman–Crippen MR) is 88.0 cm³/mol. The van der Waals surface area contributed by atoms with Crippen LogP contribution in [0.3, 0.4) is 0 Å². The second kappa shape index (κ2) is 5.69. The molecular weight excluding hydrogens is 278 g/mol. The van der Waals surface area contributed by atoms with Crippen LogP contribution in [-0.2, 0) is 4.79 Å². The van der Waals surface area contributed by atoms with Gasteiger partial charge in [0.05, 0.1) is 5.52 Å². The first kappa shape index (κ1) is 13.8. The van der Waals surface area contributed by atoms with E-state index in [-0.39, 0.29) is 5.91 Å². The number of amides is 1. The van der Waals surface area contributed by atoms with Crippen LogP contribution in [0.15, 0.2) is 48.5 Å². The third-order valence-corrected chi connectivity index (χ3v) is 3.07. The van der Waals surface area contributed by atoms with Crippen molar-refractivity contribution in [1.29, 1.82) is 0 Å². The Kier molecular flexibility index (Phi) is 3.57. The van der Waals surface area contributed by atoms with Gasteiger partial charge in [-0.1, -0.05) is 18.2 Å². The Morgan fingerprint density at radius 3 is 2.64 bits per heavy atom. The fraction of sp³-hybridized carbons (Fsp3) is 0.0625. The molecule has 0 unspecified atom stereocenters. The second-order valence-corrected chi connectivity index (χ2v) is 4.84. The number of nitrogen functional groups attached to an aromatic ring is 1. The number of aromatic nitrogens is 2. The molecule has 1 aromatic heterocycles. The summed E-state index contributed by atoms with van der Waals surface area (Å²) in [5, 5.41) is 6.64. The Bertz CT molecular complexity index is 847. The molecule has 0 aliphatic heterocycles. The lowest BCUT2D eigenvalue weighted by Gasteiger charge is -2.09. The summed E-state index contributed by atoms with van der Waals surface area (Å²) >= 11 is 0. The maximum absolute atomic E-state index is 11.1. The fourth-order valence-corrected chi connectivity index (χ4v) is 2.16. The molecule has 0 bridgehead atoms. The van der Waals surface area contributed by atoms with Crippen molar-refractivity contribution in [3.63, 3.8) is 0 Å². The Hall–Kier alpha value is -3.15. The average Bonchev–Trinajstić information content (AvgIpc) is 2.47. The van der Waals surface area contributed by atoms with E-state index in [0.717, 1.165) is 16.6 Å². The van der Waals surface area contributed by atoms with E-state index >= 15 is 0 Å². The van der Waals surface area contributed by atoms with Crippen LogP contribution in [0.5, 0.6) is 0 Å². The van der Waals surface area contributed by atoms with Crippen LogP contribution in [0.25, 0.3) is 10.9 Å². The number of nitrogens with zero attached hydrogens (tertiary/aromatic N) is 2. The van der Waals surface area contributed by atoms with Crippen molar-refractivity contribution in [3.8, 4) is 0 Å². The third kappa shape index (κ3) is 2.95. The number of benzene rings is 2. The molecule has 3 rings (SSSR count). The van der Waals surface area contributed by atoms with Gasteiger partial charge < -0.3 is 16.4 Å². The molecule has 1 amide bonds. The van der Waals surface area contributed by atoms with E-state index in [2.05, 4.69) is 20.6 Å². The first-order valence-electron chi connectivity index (χ1n) is 6.79. The lowest BCUT2D eigenvalue weighted by atomic mass is 10.2. The molecule has 1 heterocycles. The van der Waals surface area contributed by atoms with Crippen LogP contribution in [0.1, 0.15) is 6.92 Å². The van der Waals surface area contributed by atoms with Gasteiger partial charge >= 0.3 is 0 Å². The number of anilines is 4. The summed E-state index contributed by atoms with van der Waals surface area (Å²) in [4.78, 5) is 19.8. The molecule has 3 aromatic rings. The monoisotopic (exact) mass is 293 g/mol. The largest absolute Gasteiger partial charge is 0.383 e. The summed E-state index contributed by atoms with van der Waals surface area (Å²) in [5.41, 5.74) is 8.20. The van der Waals surface area contributed by atoms with Gasteiger partial charge in [0.1, 0.15) is 5.82 Å². The van der Waals surface area contributed by atoms with Crippen LogP contribution in [-0.4, -0.2) is 15.9 Å². The van der Waals surface area contributed by atoms with E-state index in [4.69, 9.17) is 5.73 Å². The van der Waals surface area contributed by atoms with Crippen LogP contribution < -0.4 is 16.4 Å². The smallest absolute Gasteiger partial charge is 0.229 e. The number of fused-ring (bicyclic) bond motifs is 1. The maximum atomic E-state index is 11.1. The predicted octanol–water partition coefficient (Wildman–Crippen LogP) is 2.91. The molecule has 0 saturated heterocycles. The zero-order valence-corrected chi connectivity index (χ0v) is 12.0. The number of nitrogens with two attached hydrogens (primary N) is 1. The van der Waals surface area contributed by atoms with Gasteiger partial charge in [-0.05, 0) is 30.3 Å². The lowest BCUT2D eigenvalue weighted by molar-refractivity contribution is -0.114. The highest BCUT2D eigenvalue weighted by molar-refractivity contribution is 5.90. The number of carbonyl (C=O) groups is 1. The molecule has 0 aliphatic rings. The van der Waals surface area contributed by atoms with Gasteiger partial charge in [0, 0.05) is 23.7 Å². The highest BCUT2D eigenvalue weighted by Crippen LogP contribution is 2.22. The minimum Gasteiger partial charge on any atom is -0.383 e. The molecule has 4 N–H and O–H groups in total. The quantitative estimate of drug-likeness (QED) is 0.690. The molecule has 6 heteroatoms. The number of carbonyl (C=O) groups excluding carboxylic acids is 1. The van der Waals surface area contributed by atoms with Crippen LogP contribution in [0, 0.1) is 0 Å². The van der Waals surface area contributed by atoms with E-state index < -0.39 is 0 Å². The lowest BCUT2D eigenvalue weighted by Crippen LogP contribution is -2.06. The van der Waals surface area contributed by atoms with Crippen molar-refractivity contribution >= 4 is 40.0 Å². The van der Waals surface area contributed by atoms with E-state index in [1.807, 2.05) is 42.5 Å². The number of para-hydroxylation sites is 1. The molecule has 22 heavy (non-hydrogen) atoms. The van der Waals surface area contributed by atoms with E-state index in [1.54, 1.807) is 6.07 Å². The summed E-state index contributed by atoms with van der Waals surface area (Å²) in [6.07, 6.45) is 0. The van der Waals surface area contributed by atoms with Crippen molar-refractivity contribution in [2.24, 2.45) is 0 Å². The molecule has 110 valence electrons. The molecule has 0 fully saturated rings. The summed E-state index contributed by atoms with van der Waals surface area (Å²) in [6.45, 7) is 1.47. The molecule has 0 radical (unpaired) electrons. The van der Waals surface area contributed by atoms with Crippen molar-refractivity contribution in [3.05, 3.63) is 48.5 Å². The minimum atomic E-state index is -0.122. The van der Waals surface area contributed by atoms with Crippen LogP contribution in [0.2, 0.25) is 0 Å². The van der Waals surface area contributed by atoms with Gasteiger partial charge in [0.2, 0.25) is 11.9 Å². The first-order valence-corrected chi connectivity index (χ1v) is 6.79. The van der Waals surface area contributed by atoms with Gasteiger partial charge in [0.25, 0.3) is 0 Å². The van der Waals surface area contributed by atoms with E-state index in [1.165, 1.54) is 6.92 Å². The maximum Gasteiger partial charge on any atom is 0.229 e. The topological polar surface area (TPSA) is 92.9 Å². The van der Waals surface area contributed by atoms with Gasteiger partial charge in [-0.15, -0.1) is 0 Å². The molecule has 0 spiro atoms. The standard InChI is InChI=1S/C16H15N5O/c1-10(22)18-11-5-4-6-12(9-11)19-16-20-14-8-3-2-7-13(14)15(17)21-16/h2-9H,1H3,(H,18,22)(H3,17,19,20,21). The Balaban J connectivity index is 1.91. The number of nitrogens with one attached hydrogen (secondary N) is 2. The zero-order valence-electron chi connectivity index (χ0n) is 12.0. The highest BCUT2D eigenvalue weighted by Gasteiger charge is 2.05. The van der Waals surface area contributed by atoms with Gasteiger partial charge in [-0.3, -0.25) is 4.79 Å². The van der Waals surface area contributed by atoms with Crippen molar-refractivity contribution in [2.75, 3.05) is 16.4 Å². The normalized spacial score (nSPS) is 10.4. The number of hydrogen-bond acceptors (Lipinski definition) is 5. The van der Waals surface area contributed by atoms with Crippen molar-refractivity contribution in [1.82, 2.24) is 9.97 Å². The number of hydrogen-bond donors (Lipinski definition) is 3.